The number of alkyl halides is 6. The topological polar surface area (TPSA) is 0 Å². The van der Waals surface area contributed by atoms with Gasteiger partial charge in [-0.25, -0.2) is 0 Å². The standard InChI is InChI=1S/C11H12F6/c12-10(13,14)9(11(15,16)17)5-8-4-6-1-2-7(8)3-6/h1-2,6-9H,3-5H2. The van der Waals surface area contributed by atoms with Crippen LogP contribution < -0.4 is 0 Å². The van der Waals surface area contributed by atoms with Crippen molar-refractivity contribution in [2.24, 2.45) is 23.7 Å². The van der Waals surface area contributed by atoms with Crippen molar-refractivity contribution in [1.82, 2.24) is 0 Å². The molecule has 0 aromatic rings. The van der Waals surface area contributed by atoms with E-state index < -0.39 is 30.6 Å². The van der Waals surface area contributed by atoms with E-state index in [1.54, 1.807) is 6.08 Å². The molecular weight excluding hydrogens is 246 g/mol. The van der Waals surface area contributed by atoms with E-state index in [1.165, 1.54) is 0 Å². The molecule has 0 N–H and O–H groups in total. The summed E-state index contributed by atoms with van der Waals surface area (Å²) >= 11 is 0. The zero-order valence-corrected chi connectivity index (χ0v) is 8.85. The fourth-order valence-electron chi connectivity index (χ4n) is 2.92. The summed E-state index contributed by atoms with van der Waals surface area (Å²) in [5.74, 6) is -3.55. The molecule has 2 aliphatic carbocycles. The van der Waals surface area contributed by atoms with Gasteiger partial charge in [0, 0.05) is 0 Å². The molecule has 0 aromatic heterocycles. The summed E-state index contributed by atoms with van der Waals surface area (Å²) in [5, 5.41) is 0. The number of hydrogen-bond donors (Lipinski definition) is 0. The molecule has 0 heterocycles. The Morgan fingerprint density at radius 3 is 1.88 bits per heavy atom. The molecule has 1 saturated carbocycles. The van der Waals surface area contributed by atoms with Crippen LogP contribution in [-0.2, 0) is 0 Å². The summed E-state index contributed by atoms with van der Waals surface area (Å²) in [5.41, 5.74) is 0. The highest BCUT2D eigenvalue weighted by atomic mass is 19.4. The minimum atomic E-state index is -5.19. The minimum absolute atomic E-state index is 0.0906. The van der Waals surface area contributed by atoms with Crippen molar-refractivity contribution in [3.8, 4) is 0 Å². The molecule has 0 amide bonds. The summed E-state index contributed by atoms with van der Waals surface area (Å²) in [6.45, 7) is 0. The van der Waals surface area contributed by atoms with Crippen LogP contribution in [0.4, 0.5) is 26.3 Å². The lowest BCUT2D eigenvalue weighted by Gasteiger charge is -2.28. The van der Waals surface area contributed by atoms with Gasteiger partial charge in [-0.05, 0) is 37.0 Å². The maximum absolute atomic E-state index is 12.4. The van der Waals surface area contributed by atoms with E-state index in [9.17, 15) is 26.3 Å². The highest BCUT2D eigenvalue weighted by molar-refractivity contribution is 5.10. The van der Waals surface area contributed by atoms with Crippen molar-refractivity contribution in [2.45, 2.75) is 31.6 Å². The molecular formula is C11H12F6. The van der Waals surface area contributed by atoms with Gasteiger partial charge in [-0.15, -0.1) is 0 Å². The van der Waals surface area contributed by atoms with Crippen LogP contribution in [0, 0.1) is 23.7 Å². The SMILES string of the molecule is FC(F)(F)C(CC1CC2C=CC1C2)C(F)(F)F. The zero-order valence-electron chi connectivity index (χ0n) is 8.85. The van der Waals surface area contributed by atoms with E-state index in [-0.39, 0.29) is 11.8 Å². The molecule has 2 bridgehead atoms. The van der Waals surface area contributed by atoms with Crippen LogP contribution in [0.5, 0.6) is 0 Å². The Morgan fingerprint density at radius 1 is 0.941 bits per heavy atom. The van der Waals surface area contributed by atoms with Crippen molar-refractivity contribution < 1.29 is 26.3 Å². The summed E-state index contributed by atoms with van der Waals surface area (Å²) in [4.78, 5) is 0. The van der Waals surface area contributed by atoms with Gasteiger partial charge in [0.2, 0.25) is 0 Å². The summed E-state index contributed by atoms with van der Waals surface area (Å²) in [6.07, 6.45) is -6.36. The fourth-order valence-corrected chi connectivity index (χ4v) is 2.92. The molecule has 0 aromatic carbocycles. The van der Waals surface area contributed by atoms with E-state index in [4.69, 9.17) is 0 Å². The summed E-state index contributed by atoms with van der Waals surface area (Å²) in [6, 6.07) is 0. The summed E-state index contributed by atoms with van der Waals surface area (Å²) in [7, 11) is 0. The van der Waals surface area contributed by atoms with Crippen LogP contribution in [0.1, 0.15) is 19.3 Å². The van der Waals surface area contributed by atoms with Gasteiger partial charge in [0.25, 0.3) is 0 Å². The number of hydrogen-bond acceptors (Lipinski definition) is 0. The zero-order chi connectivity index (χ0) is 12.8. The van der Waals surface area contributed by atoms with Crippen molar-refractivity contribution in [3.63, 3.8) is 0 Å². The molecule has 17 heavy (non-hydrogen) atoms. The van der Waals surface area contributed by atoms with E-state index >= 15 is 0 Å². The van der Waals surface area contributed by atoms with Gasteiger partial charge in [-0.1, -0.05) is 12.2 Å². The lowest BCUT2D eigenvalue weighted by molar-refractivity contribution is -0.288. The Labute approximate surface area is 94.7 Å². The third-order valence-corrected chi connectivity index (χ3v) is 3.75. The molecule has 2 rings (SSSR count). The number of fused-ring (bicyclic) bond motifs is 2. The van der Waals surface area contributed by atoms with Gasteiger partial charge >= 0.3 is 12.4 Å². The monoisotopic (exact) mass is 258 g/mol. The Morgan fingerprint density at radius 2 is 1.53 bits per heavy atom. The van der Waals surface area contributed by atoms with Crippen LogP contribution >= 0.6 is 0 Å². The van der Waals surface area contributed by atoms with E-state index in [1.807, 2.05) is 6.08 Å². The van der Waals surface area contributed by atoms with Crippen LogP contribution in [0.2, 0.25) is 0 Å². The molecule has 3 atom stereocenters. The highest BCUT2D eigenvalue weighted by Crippen LogP contribution is 2.50. The van der Waals surface area contributed by atoms with Gasteiger partial charge in [0.05, 0.1) is 0 Å². The van der Waals surface area contributed by atoms with Gasteiger partial charge in [-0.3, -0.25) is 0 Å². The average Bonchev–Trinajstić information content (AvgIpc) is 2.70. The van der Waals surface area contributed by atoms with Crippen LogP contribution in [0.25, 0.3) is 0 Å². The van der Waals surface area contributed by atoms with Crippen LogP contribution in [-0.4, -0.2) is 12.4 Å². The molecule has 3 unspecified atom stereocenters. The molecule has 0 saturated heterocycles. The number of halogens is 6. The van der Waals surface area contributed by atoms with E-state index in [0.717, 1.165) is 0 Å². The lowest BCUT2D eigenvalue weighted by Crippen LogP contribution is -2.38. The Balaban J connectivity index is 2.06. The van der Waals surface area contributed by atoms with Gasteiger partial charge in [0.15, 0.2) is 5.92 Å². The first kappa shape index (κ1) is 12.8. The van der Waals surface area contributed by atoms with E-state index in [2.05, 4.69) is 0 Å². The fraction of sp³-hybridized carbons (Fsp3) is 0.818. The molecule has 1 fully saturated rings. The maximum Gasteiger partial charge on any atom is 0.400 e. The Kier molecular flexibility index (Phi) is 2.94. The Bertz CT molecular complexity index is 299. The molecule has 2 aliphatic rings. The third-order valence-electron chi connectivity index (χ3n) is 3.75. The van der Waals surface area contributed by atoms with Gasteiger partial charge in [0.1, 0.15) is 0 Å². The van der Waals surface area contributed by atoms with Crippen molar-refractivity contribution in [3.05, 3.63) is 12.2 Å². The lowest BCUT2D eigenvalue weighted by atomic mass is 9.84. The molecule has 0 aliphatic heterocycles. The average molecular weight is 258 g/mol. The largest absolute Gasteiger partial charge is 0.400 e. The number of rotatable bonds is 2. The Hall–Kier alpha value is -0.680. The molecule has 98 valence electrons. The first-order chi connectivity index (χ1) is 7.68. The second-order valence-electron chi connectivity index (χ2n) is 4.91. The van der Waals surface area contributed by atoms with Crippen molar-refractivity contribution in [1.29, 1.82) is 0 Å². The first-order valence-electron chi connectivity index (χ1n) is 5.49. The first-order valence-corrected chi connectivity index (χ1v) is 5.49. The van der Waals surface area contributed by atoms with E-state index in [0.29, 0.717) is 12.8 Å². The van der Waals surface area contributed by atoms with Crippen LogP contribution in [0.15, 0.2) is 12.2 Å². The predicted molar refractivity (Wildman–Crippen MR) is 49.1 cm³/mol. The third kappa shape index (κ3) is 2.60. The second kappa shape index (κ2) is 3.92. The maximum atomic E-state index is 12.4. The van der Waals surface area contributed by atoms with Crippen molar-refractivity contribution in [2.75, 3.05) is 0 Å². The summed E-state index contributed by atoms with van der Waals surface area (Å²) < 4.78 is 74.2. The van der Waals surface area contributed by atoms with Gasteiger partial charge < -0.3 is 0 Å². The normalized spacial score (nSPS) is 32.8. The molecule has 0 spiro atoms. The second-order valence-corrected chi connectivity index (χ2v) is 4.91. The predicted octanol–water partition coefficient (Wildman–Crippen LogP) is 4.33. The molecule has 0 radical (unpaired) electrons. The van der Waals surface area contributed by atoms with Crippen LogP contribution in [0.3, 0.4) is 0 Å². The molecule has 6 heteroatoms. The van der Waals surface area contributed by atoms with Crippen molar-refractivity contribution >= 4 is 0 Å². The minimum Gasteiger partial charge on any atom is -0.170 e. The molecule has 0 nitrogen and oxygen atoms in total. The smallest absolute Gasteiger partial charge is 0.170 e. The number of allylic oxidation sites excluding steroid dienone is 2. The quantitative estimate of drug-likeness (QED) is 0.511. The van der Waals surface area contributed by atoms with Gasteiger partial charge in [-0.2, -0.15) is 26.3 Å². The highest BCUT2D eigenvalue weighted by Gasteiger charge is 2.57.